The SMILES string of the molecule is Fc1ccc(-c2cc3[nH]cnc3nn2)cc1I. The third-order valence-corrected chi connectivity index (χ3v) is 3.22. The Morgan fingerprint density at radius 3 is 2.88 bits per heavy atom. The minimum absolute atomic E-state index is 0.232. The van der Waals surface area contributed by atoms with Gasteiger partial charge in [-0.2, -0.15) is 0 Å². The molecular formula is C11H6FIN4. The molecule has 0 aliphatic rings. The molecule has 1 aromatic carbocycles. The molecule has 0 unspecified atom stereocenters. The van der Waals surface area contributed by atoms with Crippen molar-refractivity contribution in [1.82, 2.24) is 20.2 Å². The standard InChI is InChI=1S/C11H6FIN4/c12-7-2-1-6(3-8(7)13)9-4-10-11(17-16-9)15-5-14-10/h1-5H,(H,14,15,17). The van der Waals surface area contributed by atoms with Crippen molar-refractivity contribution in [2.45, 2.75) is 0 Å². The lowest BCUT2D eigenvalue weighted by Crippen LogP contribution is -1.90. The minimum Gasteiger partial charge on any atom is -0.343 e. The van der Waals surface area contributed by atoms with Crippen LogP contribution in [0.1, 0.15) is 0 Å². The first-order valence-corrected chi connectivity index (χ1v) is 5.94. The van der Waals surface area contributed by atoms with E-state index in [1.807, 2.05) is 28.7 Å². The van der Waals surface area contributed by atoms with Crippen LogP contribution in [0.2, 0.25) is 0 Å². The Morgan fingerprint density at radius 2 is 2.06 bits per heavy atom. The average molecular weight is 340 g/mol. The van der Waals surface area contributed by atoms with E-state index in [-0.39, 0.29) is 5.82 Å². The summed E-state index contributed by atoms with van der Waals surface area (Å²) in [6.07, 6.45) is 1.57. The molecule has 0 spiro atoms. The second-order valence-corrected chi connectivity index (χ2v) is 4.66. The van der Waals surface area contributed by atoms with Gasteiger partial charge in [-0.05, 0) is 46.9 Å². The molecule has 0 fully saturated rings. The van der Waals surface area contributed by atoms with Crippen molar-refractivity contribution >= 4 is 33.8 Å². The summed E-state index contributed by atoms with van der Waals surface area (Å²) in [5.74, 6) is -0.232. The summed E-state index contributed by atoms with van der Waals surface area (Å²) >= 11 is 1.95. The predicted octanol–water partition coefficient (Wildman–Crippen LogP) is 2.76. The Morgan fingerprint density at radius 1 is 1.18 bits per heavy atom. The molecule has 0 aliphatic carbocycles. The number of hydrogen-bond donors (Lipinski definition) is 1. The number of aromatic nitrogens is 4. The van der Waals surface area contributed by atoms with E-state index in [0.29, 0.717) is 14.9 Å². The van der Waals surface area contributed by atoms with Crippen LogP contribution in [0.5, 0.6) is 0 Å². The molecule has 3 rings (SSSR count). The molecule has 84 valence electrons. The number of rotatable bonds is 1. The summed E-state index contributed by atoms with van der Waals surface area (Å²) < 4.78 is 13.7. The van der Waals surface area contributed by atoms with E-state index in [0.717, 1.165) is 11.1 Å². The zero-order valence-corrected chi connectivity index (χ0v) is 10.6. The number of nitrogens with one attached hydrogen (secondary N) is 1. The van der Waals surface area contributed by atoms with Gasteiger partial charge in [0.1, 0.15) is 5.82 Å². The Bertz CT molecular complexity index is 695. The van der Waals surface area contributed by atoms with Crippen molar-refractivity contribution < 1.29 is 4.39 Å². The van der Waals surface area contributed by atoms with Crippen molar-refractivity contribution in [3.05, 3.63) is 40.0 Å². The molecule has 0 atom stereocenters. The Hall–Kier alpha value is -1.57. The van der Waals surface area contributed by atoms with Crippen LogP contribution >= 0.6 is 22.6 Å². The van der Waals surface area contributed by atoms with Gasteiger partial charge in [-0.25, -0.2) is 9.37 Å². The number of hydrogen-bond acceptors (Lipinski definition) is 3. The smallest absolute Gasteiger partial charge is 0.199 e. The zero-order valence-electron chi connectivity index (χ0n) is 8.48. The lowest BCUT2D eigenvalue weighted by Gasteiger charge is -2.01. The number of aromatic amines is 1. The van der Waals surface area contributed by atoms with Crippen LogP contribution < -0.4 is 0 Å². The normalized spacial score (nSPS) is 10.9. The molecule has 0 saturated heterocycles. The van der Waals surface area contributed by atoms with Gasteiger partial charge in [0.15, 0.2) is 5.65 Å². The fourth-order valence-corrected chi connectivity index (χ4v) is 2.06. The van der Waals surface area contributed by atoms with Gasteiger partial charge in [-0.1, -0.05) is 0 Å². The van der Waals surface area contributed by atoms with Crippen LogP contribution in [0.3, 0.4) is 0 Å². The number of fused-ring (bicyclic) bond motifs is 1. The van der Waals surface area contributed by atoms with Crippen molar-refractivity contribution in [1.29, 1.82) is 0 Å². The van der Waals surface area contributed by atoms with Gasteiger partial charge < -0.3 is 4.98 Å². The second-order valence-electron chi connectivity index (χ2n) is 3.50. The van der Waals surface area contributed by atoms with E-state index >= 15 is 0 Å². The van der Waals surface area contributed by atoms with E-state index in [1.165, 1.54) is 6.07 Å². The maximum Gasteiger partial charge on any atom is 0.199 e. The number of H-pyrrole nitrogens is 1. The molecule has 0 aliphatic heterocycles. The van der Waals surface area contributed by atoms with Crippen molar-refractivity contribution in [2.24, 2.45) is 0 Å². The zero-order chi connectivity index (χ0) is 11.8. The van der Waals surface area contributed by atoms with Crippen LogP contribution in [0.4, 0.5) is 4.39 Å². The monoisotopic (exact) mass is 340 g/mol. The molecule has 1 N–H and O–H groups in total. The fraction of sp³-hybridized carbons (Fsp3) is 0. The highest BCUT2D eigenvalue weighted by atomic mass is 127. The van der Waals surface area contributed by atoms with Gasteiger partial charge in [-0.3, -0.25) is 0 Å². The molecule has 0 amide bonds. The van der Waals surface area contributed by atoms with Crippen LogP contribution in [0, 0.1) is 9.39 Å². The highest BCUT2D eigenvalue weighted by molar-refractivity contribution is 14.1. The number of nitrogens with zero attached hydrogens (tertiary/aromatic N) is 3. The summed E-state index contributed by atoms with van der Waals surface area (Å²) in [5, 5.41) is 8.04. The highest BCUT2D eigenvalue weighted by Gasteiger charge is 2.06. The van der Waals surface area contributed by atoms with Gasteiger partial charge in [0.2, 0.25) is 0 Å². The largest absolute Gasteiger partial charge is 0.343 e. The third kappa shape index (κ3) is 1.88. The molecule has 0 radical (unpaired) electrons. The molecule has 17 heavy (non-hydrogen) atoms. The lowest BCUT2D eigenvalue weighted by atomic mass is 10.1. The number of imidazole rings is 1. The van der Waals surface area contributed by atoms with E-state index in [9.17, 15) is 4.39 Å². The van der Waals surface area contributed by atoms with E-state index in [2.05, 4.69) is 20.2 Å². The molecule has 2 heterocycles. The fourth-order valence-electron chi connectivity index (χ4n) is 1.55. The van der Waals surface area contributed by atoms with Gasteiger partial charge in [0, 0.05) is 9.13 Å². The maximum absolute atomic E-state index is 13.2. The summed E-state index contributed by atoms with van der Waals surface area (Å²) in [6, 6.07) is 6.69. The molecule has 0 saturated carbocycles. The highest BCUT2D eigenvalue weighted by Crippen LogP contribution is 2.22. The van der Waals surface area contributed by atoms with Crippen LogP contribution in [0.25, 0.3) is 22.4 Å². The van der Waals surface area contributed by atoms with E-state index < -0.39 is 0 Å². The van der Waals surface area contributed by atoms with E-state index in [4.69, 9.17) is 0 Å². The Balaban J connectivity index is 2.16. The van der Waals surface area contributed by atoms with Crippen molar-refractivity contribution in [3.8, 4) is 11.3 Å². The summed E-state index contributed by atoms with van der Waals surface area (Å²) in [7, 11) is 0. The van der Waals surface area contributed by atoms with E-state index in [1.54, 1.807) is 18.5 Å². The van der Waals surface area contributed by atoms with Gasteiger partial charge in [0.05, 0.1) is 17.5 Å². The van der Waals surface area contributed by atoms with Gasteiger partial charge in [-0.15, -0.1) is 10.2 Å². The number of halogens is 2. The van der Waals surface area contributed by atoms with Crippen LogP contribution in [0.15, 0.2) is 30.6 Å². The Labute approximate surface area is 109 Å². The average Bonchev–Trinajstić information content (AvgIpc) is 2.79. The van der Waals surface area contributed by atoms with Crippen LogP contribution in [-0.4, -0.2) is 20.2 Å². The van der Waals surface area contributed by atoms with Crippen molar-refractivity contribution in [3.63, 3.8) is 0 Å². The maximum atomic E-state index is 13.2. The molecule has 2 aromatic heterocycles. The molecular weight excluding hydrogens is 334 g/mol. The summed E-state index contributed by atoms with van der Waals surface area (Å²) in [4.78, 5) is 6.96. The first-order valence-electron chi connectivity index (χ1n) is 4.86. The minimum atomic E-state index is -0.232. The number of benzene rings is 1. The molecule has 3 aromatic rings. The third-order valence-electron chi connectivity index (χ3n) is 2.40. The van der Waals surface area contributed by atoms with Crippen molar-refractivity contribution in [2.75, 3.05) is 0 Å². The molecule has 0 bridgehead atoms. The second kappa shape index (κ2) is 4.02. The van der Waals surface area contributed by atoms with Gasteiger partial charge >= 0.3 is 0 Å². The quantitative estimate of drug-likeness (QED) is 0.693. The molecule has 6 heteroatoms. The summed E-state index contributed by atoms with van der Waals surface area (Å²) in [6.45, 7) is 0. The first kappa shape index (κ1) is 10.6. The Kier molecular flexibility index (Phi) is 2.50. The predicted molar refractivity (Wildman–Crippen MR) is 69.8 cm³/mol. The van der Waals surface area contributed by atoms with Crippen LogP contribution in [-0.2, 0) is 0 Å². The summed E-state index contributed by atoms with van der Waals surface area (Å²) in [5.41, 5.74) is 2.92. The topological polar surface area (TPSA) is 54.5 Å². The molecule has 4 nitrogen and oxygen atoms in total. The lowest BCUT2D eigenvalue weighted by molar-refractivity contribution is 0.620. The first-order chi connectivity index (χ1) is 8.24. The van der Waals surface area contributed by atoms with Gasteiger partial charge in [0.25, 0.3) is 0 Å².